The first-order chi connectivity index (χ1) is 25.7. The quantitative estimate of drug-likeness (QED) is 0.132. The van der Waals surface area contributed by atoms with E-state index in [1.165, 1.54) is 0 Å². The van der Waals surface area contributed by atoms with Crippen LogP contribution in [-0.2, 0) is 21.8 Å². The number of hydrogen-bond donors (Lipinski definition) is 0. The molecule has 13 nitrogen and oxygen atoms in total. The fraction of sp³-hybridized carbons (Fsp3) is 0.447. The lowest BCUT2D eigenvalue weighted by Crippen LogP contribution is -2.46. The van der Waals surface area contributed by atoms with Gasteiger partial charge in [0.2, 0.25) is 5.79 Å². The van der Waals surface area contributed by atoms with Crippen LogP contribution in [-0.4, -0.2) is 80.1 Å². The summed E-state index contributed by atoms with van der Waals surface area (Å²) in [6.07, 6.45) is 3.00. The third kappa shape index (κ3) is 7.80. The molecule has 2 atom stereocenters. The molecule has 0 radical (unpaired) electrons. The van der Waals surface area contributed by atoms with Crippen LogP contribution in [0.15, 0.2) is 77.9 Å². The summed E-state index contributed by atoms with van der Waals surface area (Å²) in [6.45, 7) is 12.5. The smallest absolute Gasteiger partial charge is 0.350 e. The van der Waals surface area contributed by atoms with Gasteiger partial charge in [-0.05, 0) is 83.9 Å². The molecule has 0 aliphatic carbocycles. The highest BCUT2D eigenvalue weighted by atomic mass is 35.5. The number of benzene rings is 3. The number of aromatic nitrogens is 7. The van der Waals surface area contributed by atoms with E-state index in [0.29, 0.717) is 28.0 Å². The molecule has 53 heavy (non-hydrogen) atoms. The average molecular weight is 763 g/mol. The summed E-state index contributed by atoms with van der Waals surface area (Å²) >= 11 is 12.9. The highest BCUT2D eigenvalue weighted by Crippen LogP contribution is 2.41. The third-order valence-electron chi connectivity index (χ3n) is 10.0. The molecule has 0 spiro atoms. The lowest BCUT2D eigenvalue weighted by atomic mass is 10.1. The minimum atomic E-state index is -1.22. The van der Waals surface area contributed by atoms with Crippen molar-refractivity contribution in [2.75, 3.05) is 49.2 Å². The molecule has 4 heterocycles. The van der Waals surface area contributed by atoms with Crippen LogP contribution in [0, 0.1) is 0 Å². The van der Waals surface area contributed by atoms with Crippen molar-refractivity contribution in [1.82, 2.24) is 34.6 Å². The predicted octanol–water partition coefficient (Wildman–Crippen LogP) is 6.49. The molecule has 3 aromatic carbocycles. The Kier molecular flexibility index (Phi) is 11.1. The molecule has 2 aromatic heterocycles. The van der Waals surface area contributed by atoms with Crippen molar-refractivity contribution in [2.45, 2.75) is 70.9 Å². The van der Waals surface area contributed by atoms with E-state index in [4.69, 9.17) is 37.4 Å². The maximum absolute atomic E-state index is 13.0. The number of hydrogen-bond acceptors (Lipinski definition) is 10. The Hall–Kier alpha value is -4.43. The molecule has 5 aromatic rings. The lowest BCUT2D eigenvalue weighted by molar-refractivity contribution is -0.191. The first-order valence-electron chi connectivity index (χ1n) is 18.2. The third-order valence-corrected chi connectivity index (χ3v) is 10.6. The molecule has 15 heteroatoms. The van der Waals surface area contributed by atoms with E-state index in [1.807, 2.05) is 44.2 Å². The van der Waals surface area contributed by atoms with Gasteiger partial charge >= 0.3 is 5.69 Å². The van der Waals surface area contributed by atoms with E-state index in [0.717, 1.165) is 61.8 Å². The van der Waals surface area contributed by atoms with Gasteiger partial charge in [-0.2, -0.15) is 5.10 Å². The van der Waals surface area contributed by atoms with Crippen molar-refractivity contribution in [3.05, 3.63) is 105 Å². The van der Waals surface area contributed by atoms with E-state index in [9.17, 15) is 4.79 Å². The van der Waals surface area contributed by atoms with Gasteiger partial charge in [-0.1, -0.05) is 57.0 Å². The highest BCUT2D eigenvalue weighted by Gasteiger charge is 2.46. The molecule has 2 saturated heterocycles. The fourth-order valence-corrected chi connectivity index (χ4v) is 7.61. The Morgan fingerprint density at radius 2 is 1.55 bits per heavy atom. The Bertz CT molecular complexity index is 2040. The normalized spacial score (nSPS) is 19.1. The number of ether oxygens (including phenoxy) is 3. The van der Waals surface area contributed by atoms with Crippen LogP contribution in [0.4, 0.5) is 11.4 Å². The van der Waals surface area contributed by atoms with E-state index < -0.39 is 5.79 Å². The Morgan fingerprint density at radius 1 is 0.906 bits per heavy atom. The monoisotopic (exact) mass is 761 g/mol. The van der Waals surface area contributed by atoms with Crippen molar-refractivity contribution in [3.8, 4) is 11.4 Å². The molecule has 7 rings (SSSR count). The first kappa shape index (κ1) is 36.9. The summed E-state index contributed by atoms with van der Waals surface area (Å²) in [7, 11) is 0. The second-order valence-electron chi connectivity index (χ2n) is 13.8. The molecule has 0 unspecified atom stereocenters. The van der Waals surface area contributed by atoms with E-state index in [-0.39, 0.29) is 36.9 Å². The SMILES string of the molecule is CCC(CC)n1ncn(-c2ccc(N3CCN(c4ccc(OC[C@@H]5CO[C@@](Cn6nnnc6C(C)C)(c6ccc(Cl)cc6Cl)O5)cc4)CC3)cc2)c1=O. The minimum absolute atomic E-state index is 0.101. The van der Waals surface area contributed by atoms with Crippen molar-refractivity contribution in [2.24, 2.45) is 0 Å². The van der Waals surface area contributed by atoms with Crippen LogP contribution in [0.25, 0.3) is 5.69 Å². The van der Waals surface area contributed by atoms with Crippen LogP contribution >= 0.6 is 23.2 Å². The number of rotatable bonds is 13. The van der Waals surface area contributed by atoms with Gasteiger partial charge in [0, 0.05) is 54.1 Å². The number of halogens is 2. The molecule has 0 amide bonds. The molecule has 0 N–H and O–H groups in total. The van der Waals surface area contributed by atoms with Gasteiger partial charge in [0.1, 0.15) is 31.3 Å². The Morgan fingerprint density at radius 3 is 2.17 bits per heavy atom. The van der Waals surface area contributed by atoms with Crippen LogP contribution in [0.5, 0.6) is 5.75 Å². The van der Waals surface area contributed by atoms with Gasteiger partial charge in [0.15, 0.2) is 5.82 Å². The minimum Gasteiger partial charge on any atom is -0.491 e. The van der Waals surface area contributed by atoms with E-state index in [2.05, 4.69) is 68.5 Å². The van der Waals surface area contributed by atoms with Gasteiger partial charge in [0.05, 0.1) is 23.4 Å². The van der Waals surface area contributed by atoms with Crippen LogP contribution in [0.1, 0.15) is 63.9 Å². The number of nitrogens with zero attached hydrogens (tertiary/aromatic N) is 9. The molecule has 0 bridgehead atoms. The molecule has 2 fully saturated rings. The van der Waals surface area contributed by atoms with Gasteiger partial charge in [-0.25, -0.2) is 18.7 Å². The summed E-state index contributed by atoms with van der Waals surface area (Å²) in [5.41, 5.74) is 3.64. The Labute approximate surface area is 319 Å². The van der Waals surface area contributed by atoms with Crippen molar-refractivity contribution in [3.63, 3.8) is 0 Å². The summed E-state index contributed by atoms with van der Waals surface area (Å²) < 4.78 is 24.1. The summed E-state index contributed by atoms with van der Waals surface area (Å²) in [5, 5.41) is 17.6. The molecule has 280 valence electrons. The standard InChI is InChI=1S/C38H45Cl2N9O4/c1-5-28(6-2)49-37(50)47(25-41-49)31-10-8-29(9-11-31)45-17-19-46(20-18-45)30-12-14-32(15-13-30)51-22-33-23-52-38(53-33,34-16-7-27(39)21-35(34)40)24-48-36(26(3)4)42-43-44-48/h7-16,21,25-26,28,33H,5-6,17-20,22-24H2,1-4H3/t33-,38-/m1/s1. The van der Waals surface area contributed by atoms with Gasteiger partial charge in [-0.3, -0.25) is 0 Å². The van der Waals surface area contributed by atoms with Crippen LogP contribution < -0.4 is 20.2 Å². The molecule has 2 aliphatic rings. The van der Waals surface area contributed by atoms with Crippen LogP contribution in [0.2, 0.25) is 10.0 Å². The second kappa shape index (κ2) is 15.9. The van der Waals surface area contributed by atoms with Gasteiger partial charge in [0.25, 0.3) is 0 Å². The number of tetrazole rings is 1. The van der Waals surface area contributed by atoms with Crippen molar-refractivity contribution >= 4 is 34.6 Å². The first-order valence-corrected chi connectivity index (χ1v) is 19.0. The zero-order chi connectivity index (χ0) is 37.1. The highest BCUT2D eigenvalue weighted by molar-refractivity contribution is 6.35. The molecule has 2 aliphatic heterocycles. The van der Waals surface area contributed by atoms with Gasteiger partial charge < -0.3 is 24.0 Å². The van der Waals surface area contributed by atoms with Crippen LogP contribution in [0.3, 0.4) is 0 Å². The van der Waals surface area contributed by atoms with Crippen molar-refractivity contribution < 1.29 is 14.2 Å². The fourth-order valence-electron chi connectivity index (χ4n) is 7.06. The molecule has 0 saturated carbocycles. The molecular formula is C38H45Cl2N9O4. The summed E-state index contributed by atoms with van der Waals surface area (Å²) in [4.78, 5) is 17.7. The maximum atomic E-state index is 13.0. The topological polar surface area (TPSA) is 118 Å². The van der Waals surface area contributed by atoms with Gasteiger partial charge in [-0.15, -0.1) is 5.10 Å². The largest absolute Gasteiger partial charge is 0.491 e. The number of piperazine rings is 1. The zero-order valence-corrected chi connectivity index (χ0v) is 31.9. The zero-order valence-electron chi connectivity index (χ0n) is 30.4. The summed E-state index contributed by atoms with van der Waals surface area (Å²) in [6, 6.07) is 21.7. The van der Waals surface area contributed by atoms with Crippen molar-refractivity contribution in [1.29, 1.82) is 0 Å². The summed E-state index contributed by atoms with van der Waals surface area (Å²) in [5.74, 6) is 0.334. The maximum Gasteiger partial charge on any atom is 0.350 e. The van der Waals surface area contributed by atoms with E-state index in [1.54, 1.807) is 32.4 Å². The lowest BCUT2D eigenvalue weighted by Gasteiger charge is -2.37. The Balaban J connectivity index is 0.938. The second-order valence-corrected chi connectivity index (χ2v) is 14.6. The molecular weight excluding hydrogens is 717 g/mol. The average Bonchev–Trinajstić information content (AvgIpc) is 3.91. The van der Waals surface area contributed by atoms with E-state index >= 15 is 0 Å². The predicted molar refractivity (Wildman–Crippen MR) is 205 cm³/mol. The number of anilines is 2.